The van der Waals surface area contributed by atoms with E-state index in [2.05, 4.69) is 4.98 Å². The van der Waals surface area contributed by atoms with E-state index in [1.54, 1.807) is 0 Å². The van der Waals surface area contributed by atoms with Gasteiger partial charge in [-0.25, -0.2) is 4.98 Å². The maximum Gasteiger partial charge on any atom is 0.320 e. The Kier molecular flexibility index (Phi) is 2.99. The highest BCUT2D eigenvalue weighted by atomic mass is 32.1. The van der Waals surface area contributed by atoms with E-state index < -0.39 is 12.0 Å². The van der Waals surface area contributed by atoms with E-state index in [0.29, 0.717) is 11.1 Å². The summed E-state index contributed by atoms with van der Waals surface area (Å²) in [6.45, 7) is 1.85. The number of hydrogen-bond donors (Lipinski definition) is 3. The first-order valence-corrected chi connectivity index (χ1v) is 5.86. The largest absolute Gasteiger partial charge is 0.506 e. The van der Waals surface area contributed by atoms with Gasteiger partial charge in [0, 0.05) is 0 Å². The van der Waals surface area contributed by atoms with Crippen molar-refractivity contribution >= 4 is 27.5 Å². The number of carboxylic acid groups (broad SMARTS) is 1. The van der Waals surface area contributed by atoms with Gasteiger partial charge in [0.05, 0.1) is 9.71 Å². The second-order valence-corrected chi connectivity index (χ2v) is 5.08. The predicted octanol–water partition coefficient (Wildman–Crippen LogP) is 1.26. The molecule has 1 heterocycles. The van der Waals surface area contributed by atoms with Gasteiger partial charge in [-0.15, -0.1) is 11.3 Å². The quantitative estimate of drug-likeness (QED) is 0.764. The second kappa shape index (κ2) is 4.31. The number of aromatic nitrogens is 1. The van der Waals surface area contributed by atoms with E-state index in [1.807, 2.05) is 13.0 Å². The van der Waals surface area contributed by atoms with Crippen molar-refractivity contribution in [3.05, 3.63) is 22.7 Å². The number of hydrogen-bond acceptors (Lipinski definition) is 5. The summed E-state index contributed by atoms with van der Waals surface area (Å²) in [6.07, 6.45) is 0.190. The Balaban J connectivity index is 2.39. The summed E-state index contributed by atoms with van der Waals surface area (Å²) in [5.41, 5.74) is 6.71. The minimum Gasteiger partial charge on any atom is -0.506 e. The van der Waals surface area contributed by atoms with Gasteiger partial charge < -0.3 is 15.9 Å². The summed E-state index contributed by atoms with van der Waals surface area (Å²) in [5, 5.41) is 19.4. The molecule has 0 aliphatic heterocycles. The average Bonchev–Trinajstić information content (AvgIpc) is 2.59. The van der Waals surface area contributed by atoms with Crippen LogP contribution in [-0.2, 0) is 11.2 Å². The third-order valence-electron chi connectivity index (χ3n) is 2.41. The highest BCUT2D eigenvalue weighted by molar-refractivity contribution is 7.18. The van der Waals surface area contributed by atoms with Crippen LogP contribution in [0.3, 0.4) is 0 Å². The van der Waals surface area contributed by atoms with Gasteiger partial charge in [-0.1, -0.05) is 0 Å². The first-order chi connectivity index (χ1) is 7.97. The Morgan fingerprint density at radius 2 is 2.29 bits per heavy atom. The van der Waals surface area contributed by atoms with Crippen LogP contribution in [0, 0.1) is 6.92 Å². The van der Waals surface area contributed by atoms with Gasteiger partial charge in [-0.2, -0.15) is 0 Å². The Bertz CT molecular complexity index is 579. The Morgan fingerprint density at radius 1 is 1.59 bits per heavy atom. The van der Waals surface area contributed by atoms with Crippen LogP contribution in [-0.4, -0.2) is 27.2 Å². The first-order valence-electron chi connectivity index (χ1n) is 5.05. The number of aliphatic carboxylic acids is 1. The number of carbonyl (C=O) groups is 1. The van der Waals surface area contributed by atoms with Gasteiger partial charge in [0.2, 0.25) is 0 Å². The Hall–Kier alpha value is -1.66. The minimum atomic E-state index is -1.05. The number of phenols is 1. The second-order valence-electron chi connectivity index (χ2n) is 3.84. The molecule has 0 bridgehead atoms. The fraction of sp³-hybridized carbons (Fsp3) is 0.273. The predicted molar refractivity (Wildman–Crippen MR) is 65.3 cm³/mol. The van der Waals surface area contributed by atoms with Crippen LogP contribution in [0.5, 0.6) is 5.75 Å². The van der Waals surface area contributed by atoms with Crippen molar-refractivity contribution in [3.63, 3.8) is 0 Å². The fourth-order valence-corrected chi connectivity index (χ4v) is 2.55. The molecular formula is C11H12N2O3S. The summed E-state index contributed by atoms with van der Waals surface area (Å²) in [6, 6.07) is 2.38. The topological polar surface area (TPSA) is 96.4 Å². The molecule has 1 unspecified atom stereocenters. The monoisotopic (exact) mass is 252 g/mol. The van der Waals surface area contributed by atoms with Gasteiger partial charge in [0.15, 0.2) is 0 Å². The van der Waals surface area contributed by atoms with E-state index in [4.69, 9.17) is 10.8 Å². The Morgan fingerprint density at radius 3 is 2.94 bits per heavy atom. The lowest BCUT2D eigenvalue weighted by Gasteiger charge is -2.06. The van der Waals surface area contributed by atoms with Crippen LogP contribution < -0.4 is 5.73 Å². The number of aromatic hydroxyl groups is 1. The molecule has 0 saturated heterocycles. The molecule has 0 aliphatic rings. The number of fused-ring (bicyclic) bond motifs is 1. The molecule has 0 amide bonds. The number of carboxylic acids is 1. The van der Waals surface area contributed by atoms with Crippen molar-refractivity contribution < 1.29 is 15.0 Å². The van der Waals surface area contributed by atoms with Crippen molar-refractivity contribution in [3.8, 4) is 5.75 Å². The van der Waals surface area contributed by atoms with E-state index in [-0.39, 0.29) is 12.2 Å². The van der Waals surface area contributed by atoms with E-state index in [0.717, 1.165) is 9.71 Å². The van der Waals surface area contributed by atoms with Gasteiger partial charge in [-0.3, -0.25) is 4.79 Å². The number of benzene rings is 1. The van der Waals surface area contributed by atoms with Crippen LogP contribution >= 0.6 is 11.3 Å². The molecule has 0 fully saturated rings. The summed E-state index contributed by atoms with van der Waals surface area (Å²) in [4.78, 5) is 14.8. The lowest BCUT2D eigenvalue weighted by atomic mass is 10.1. The molecule has 90 valence electrons. The van der Waals surface area contributed by atoms with Crippen LogP contribution in [0.25, 0.3) is 10.2 Å². The zero-order valence-electron chi connectivity index (χ0n) is 9.17. The molecule has 1 aromatic heterocycles. The zero-order chi connectivity index (χ0) is 12.6. The molecule has 5 nitrogen and oxygen atoms in total. The van der Waals surface area contributed by atoms with E-state index in [1.165, 1.54) is 17.4 Å². The molecule has 1 atom stereocenters. The molecule has 1 aromatic carbocycles. The standard InChI is InChI=1S/C11H12N2O3S/c1-5-13-10-8(14)3-6(4-9(10)17-5)2-7(12)11(15)16/h3-4,7,14H,2,12H2,1H3,(H,15,16). The maximum atomic E-state index is 10.7. The Labute approximate surface area is 102 Å². The lowest BCUT2D eigenvalue weighted by molar-refractivity contribution is -0.138. The van der Waals surface area contributed by atoms with Crippen molar-refractivity contribution in [2.45, 2.75) is 19.4 Å². The number of nitrogens with two attached hydrogens (primary N) is 1. The molecule has 0 saturated carbocycles. The lowest BCUT2D eigenvalue weighted by Crippen LogP contribution is -2.32. The van der Waals surface area contributed by atoms with Crippen molar-refractivity contribution in [2.24, 2.45) is 5.73 Å². The molecule has 17 heavy (non-hydrogen) atoms. The zero-order valence-corrected chi connectivity index (χ0v) is 9.99. The van der Waals surface area contributed by atoms with Crippen LogP contribution in [0.1, 0.15) is 10.6 Å². The fourth-order valence-electron chi connectivity index (χ4n) is 1.64. The summed E-state index contributed by atoms with van der Waals surface area (Å²) in [5.74, 6) is -0.982. The van der Waals surface area contributed by atoms with Crippen molar-refractivity contribution in [1.82, 2.24) is 4.98 Å². The highest BCUT2D eigenvalue weighted by Gasteiger charge is 2.14. The number of phenolic OH excluding ortho intramolecular Hbond substituents is 1. The molecule has 2 aromatic rings. The molecule has 0 aliphatic carbocycles. The smallest absolute Gasteiger partial charge is 0.320 e. The van der Waals surface area contributed by atoms with Crippen LogP contribution in [0.15, 0.2) is 12.1 Å². The number of nitrogens with zero attached hydrogens (tertiary/aromatic N) is 1. The molecule has 0 spiro atoms. The van der Waals surface area contributed by atoms with Gasteiger partial charge >= 0.3 is 5.97 Å². The third kappa shape index (κ3) is 2.37. The molecule has 2 rings (SSSR count). The summed E-state index contributed by atoms with van der Waals surface area (Å²) >= 11 is 1.46. The molecule has 6 heteroatoms. The first kappa shape index (κ1) is 11.8. The average molecular weight is 252 g/mol. The third-order valence-corrected chi connectivity index (χ3v) is 3.33. The molecule has 0 radical (unpaired) electrons. The van der Waals surface area contributed by atoms with Crippen LogP contribution in [0.4, 0.5) is 0 Å². The SMILES string of the molecule is Cc1nc2c(O)cc(CC(N)C(=O)O)cc2s1. The highest BCUT2D eigenvalue weighted by Crippen LogP contribution is 2.30. The van der Waals surface area contributed by atoms with Gasteiger partial charge in [0.1, 0.15) is 17.3 Å². The molecule has 4 N–H and O–H groups in total. The maximum absolute atomic E-state index is 10.7. The summed E-state index contributed by atoms with van der Waals surface area (Å²) in [7, 11) is 0. The minimum absolute atomic E-state index is 0.0689. The van der Waals surface area contributed by atoms with Crippen molar-refractivity contribution in [2.75, 3.05) is 0 Å². The molecular weight excluding hydrogens is 240 g/mol. The normalized spacial score (nSPS) is 12.8. The number of rotatable bonds is 3. The van der Waals surface area contributed by atoms with Gasteiger partial charge in [0.25, 0.3) is 0 Å². The van der Waals surface area contributed by atoms with Crippen molar-refractivity contribution in [1.29, 1.82) is 0 Å². The van der Waals surface area contributed by atoms with Crippen LogP contribution in [0.2, 0.25) is 0 Å². The van der Waals surface area contributed by atoms with Gasteiger partial charge in [-0.05, 0) is 31.0 Å². The summed E-state index contributed by atoms with van der Waals surface area (Å²) < 4.78 is 0.843. The van der Waals surface area contributed by atoms with E-state index in [9.17, 15) is 9.90 Å². The van der Waals surface area contributed by atoms with E-state index >= 15 is 0 Å². The number of aryl methyl sites for hydroxylation is 1. The number of thiazole rings is 1.